The lowest BCUT2D eigenvalue weighted by Gasteiger charge is -2.38. The monoisotopic (exact) mass is 479 g/mol. The van der Waals surface area contributed by atoms with Gasteiger partial charge in [-0.1, -0.05) is 19.1 Å². The standard InChI is InChI=1S/C28H41N5O2/c1-21-4-6-23(17-26(21)24-3-2-10-29-19-24)28(34)31-25-8-11-32(12-9-25)20-22-5-7-27(30-18-22)33-13-15-35-16-14-33/h2,5,7,10,18-19,21,23-26H,3-4,6,8-9,11-17,20H2,1H3,(H,31,34). The smallest absolute Gasteiger partial charge is 0.223 e. The van der Waals surface area contributed by atoms with Gasteiger partial charge in [-0.25, -0.2) is 4.98 Å². The summed E-state index contributed by atoms with van der Waals surface area (Å²) in [4.78, 5) is 27.0. The summed E-state index contributed by atoms with van der Waals surface area (Å²) in [6, 6.07) is 4.65. The number of likely N-dealkylation sites (tertiary alicyclic amines) is 1. The minimum Gasteiger partial charge on any atom is -0.378 e. The van der Waals surface area contributed by atoms with E-state index in [0.29, 0.717) is 23.8 Å². The number of hydrogen-bond acceptors (Lipinski definition) is 6. The van der Waals surface area contributed by atoms with E-state index in [9.17, 15) is 4.79 Å². The van der Waals surface area contributed by atoms with Crippen LogP contribution in [0.15, 0.2) is 35.6 Å². The molecule has 3 aliphatic heterocycles. The molecule has 4 aliphatic rings. The van der Waals surface area contributed by atoms with Crippen molar-refractivity contribution >= 4 is 17.9 Å². The Morgan fingerprint density at radius 1 is 1.11 bits per heavy atom. The number of nitrogens with zero attached hydrogens (tertiary/aromatic N) is 4. The van der Waals surface area contributed by atoms with E-state index in [0.717, 1.165) is 90.3 Å². The van der Waals surface area contributed by atoms with Gasteiger partial charge < -0.3 is 15.0 Å². The molecular formula is C28H41N5O2. The topological polar surface area (TPSA) is 70.1 Å². The van der Waals surface area contributed by atoms with Crippen LogP contribution in [-0.4, -0.2) is 67.4 Å². The van der Waals surface area contributed by atoms with Gasteiger partial charge in [0.1, 0.15) is 5.82 Å². The maximum atomic E-state index is 13.1. The summed E-state index contributed by atoms with van der Waals surface area (Å²) in [7, 11) is 0. The van der Waals surface area contributed by atoms with E-state index < -0.39 is 0 Å². The second-order valence-electron chi connectivity index (χ2n) is 10.9. The van der Waals surface area contributed by atoms with Gasteiger partial charge in [-0.2, -0.15) is 0 Å². The normalized spacial score (nSPS) is 30.4. The van der Waals surface area contributed by atoms with Crippen molar-refractivity contribution in [3.63, 3.8) is 0 Å². The number of piperidine rings is 1. The van der Waals surface area contributed by atoms with Crippen molar-refractivity contribution in [3.8, 4) is 0 Å². The molecule has 5 rings (SSSR count). The first-order valence-electron chi connectivity index (χ1n) is 13.6. The molecule has 1 aromatic heterocycles. The van der Waals surface area contributed by atoms with Gasteiger partial charge >= 0.3 is 0 Å². The highest BCUT2D eigenvalue weighted by Crippen LogP contribution is 2.39. The Hall–Kier alpha value is -2.25. The fraction of sp³-hybridized carbons (Fsp3) is 0.679. The molecule has 0 bridgehead atoms. The number of allylic oxidation sites excluding steroid dienone is 1. The van der Waals surface area contributed by atoms with Crippen LogP contribution in [0.4, 0.5) is 5.82 Å². The number of nitrogens with one attached hydrogen (secondary N) is 1. The number of carbonyl (C=O) groups excluding carboxylic acids is 1. The zero-order valence-corrected chi connectivity index (χ0v) is 21.1. The molecule has 2 saturated heterocycles. The van der Waals surface area contributed by atoms with Crippen molar-refractivity contribution in [1.82, 2.24) is 15.2 Å². The molecule has 1 amide bonds. The number of rotatable bonds is 6. The van der Waals surface area contributed by atoms with Crippen LogP contribution in [0, 0.1) is 23.7 Å². The fourth-order valence-corrected chi connectivity index (χ4v) is 6.28. The third-order valence-corrected chi connectivity index (χ3v) is 8.54. The molecule has 1 aromatic rings. The predicted molar refractivity (Wildman–Crippen MR) is 139 cm³/mol. The first kappa shape index (κ1) is 24.4. The Morgan fingerprint density at radius 3 is 2.66 bits per heavy atom. The Bertz CT molecular complexity index is 887. The van der Waals surface area contributed by atoms with Gasteiger partial charge in [0.15, 0.2) is 0 Å². The summed E-state index contributed by atoms with van der Waals surface area (Å²) >= 11 is 0. The second kappa shape index (κ2) is 11.7. The number of amides is 1. The largest absolute Gasteiger partial charge is 0.378 e. The van der Waals surface area contributed by atoms with Gasteiger partial charge in [0.05, 0.1) is 13.2 Å². The van der Waals surface area contributed by atoms with Crippen LogP contribution in [0.1, 0.15) is 51.0 Å². The maximum absolute atomic E-state index is 13.1. The minimum absolute atomic E-state index is 0.157. The quantitative estimate of drug-likeness (QED) is 0.674. The van der Waals surface area contributed by atoms with Crippen LogP contribution in [0.25, 0.3) is 0 Å². The molecule has 0 aromatic carbocycles. The Morgan fingerprint density at radius 2 is 1.94 bits per heavy atom. The highest BCUT2D eigenvalue weighted by atomic mass is 16.5. The summed E-state index contributed by atoms with van der Waals surface area (Å²) in [6.07, 6.45) is 14.5. The van der Waals surface area contributed by atoms with Crippen LogP contribution < -0.4 is 10.2 Å². The maximum Gasteiger partial charge on any atom is 0.223 e. The third-order valence-electron chi connectivity index (χ3n) is 8.54. The number of ether oxygens (including phenoxy) is 1. The number of anilines is 1. The Balaban J connectivity index is 1.06. The van der Waals surface area contributed by atoms with Crippen molar-refractivity contribution in [3.05, 3.63) is 36.2 Å². The molecule has 3 fully saturated rings. The van der Waals surface area contributed by atoms with E-state index in [1.165, 1.54) is 5.56 Å². The van der Waals surface area contributed by atoms with Crippen molar-refractivity contribution in [2.75, 3.05) is 44.3 Å². The third kappa shape index (κ3) is 6.31. The molecule has 7 heteroatoms. The molecule has 0 radical (unpaired) electrons. The lowest BCUT2D eigenvalue weighted by Crippen LogP contribution is -2.47. The summed E-state index contributed by atoms with van der Waals surface area (Å²) in [5, 5.41) is 3.41. The van der Waals surface area contributed by atoms with Gasteiger partial charge in [0.2, 0.25) is 5.91 Å². The predicted octanol–water partition coefficient (Wildman–Crippen LogP) is 3.66. The summed E-state index contributed by atoms with van der Waals surface area (Å²) < 4.78 is 5.44. The number of pyridine rings is 1. The van der Waals surface area contributed by atoms with Gasteiger partial charge in [-0.05, 0) is 62.0 Å². The van der Waals surface area contributed by atoms with Gasteiger partial charge in [-0.15, -0.1) is 0 Å². The van der Waals surface area contributed by atoms with Crippen molar-refractivity contribution < 1.29 is 9.53 Å². The second-order valence-corrected chi connectivity index (χ2v) is 10.9. The first-order valence-corrected chi connectivity index (χ1v) is 13.6. The lowest BCUT2D eigenvalue weighted by molar-refractivity contribution is -0.128. The van der Waals surface area contributed by atoms with Crippen LogP contribution in [0.2, 0.25) is 0 Å². The van der Waals surface area contributed by atoms with E-state index in [1.54, 1.807) is 0 Å². The number of carbonyl (C=O) groups is 1. The number of morpholine rings is 1. The molecule has 190 valence electrons. The van der Waals surface area contributed by atoms with E-state index >= 15 is 0 Å². The summed E-state index contributed by atoms with van der Waals surface area (Å²) in [6.45, 7) is 8.71. The molecule has 4 heterocycles. The highest BCUT2D eigenvalue weighted by molar-refractivity contribution is 5.79. The van der Waals surface area contributed by atoms with Gasteiger partial charge in [0, 0.05) is 69.2 Å². The molecule has 0 spiro atoms. The molecule has 4 unspecified atom stereocenters. The molecule has 1 N–H and O–H groups in total. The van der Waals surface area contributed by atoms with E-state index in [-0.39, 0.29) is 11.8 Å². The molecule has 35 heavy (non-hydrogen) atoms. The molecule has 1 saturated carbocycles. The zero-order valence-electron chi connectivity index (χ0n) is 21.1. The lowest BCUT2D eigenvalue weighted by atomic mass is 9.68. The Labute approximate surface area is 210 Å². The number of aliphatic imine (C=N–C) groups is 1. The highest BCUT2D eigenvalue weighted by Gasteiger charge is 2.36. The first-order chi connectivity index (χ1) is 17.2. The van der Waals surface area contributed by atoms with Crippen molar-refractivity contribution in [2.45, 2.75) is 58.0 Å². The fourth-order valence-electron chi connectivity index (χ4n) is 6.28. The minimum atomic E-state index is 0.157. The van der Waals surface area contributed by atoms with Crippen LogP contribution >= 0.6 is 0 Å². The molecular weight excluding hydrogens is 438 g/mol. The van der Waals surface area contributed by atoms with E-state index in [1.807, 2.05) is 12.4 Å². The summed E-state index contributed by atoms with van der Waals surface area (Å²) in [5.74, 6) is 3.22. The summed E-state index contributed by atoms with van der Waals surface area (Å²) in [5.41, 5.74) is 1.26. The van der Waals surface area contributed by atoms with E-state index in [2.05, 4.69) is 51.5 Å². The molecule has 4 atom stereocenters. The van der Waals surface area contributed by atoms with Crippen LogP contribution in [0.5, 0.6) is 0 Å². The average molecular weight is 480 g/mol. The van der Waals surface area contributed by atoms with Crippen LogP contribution in [-0.2, 0) is 16.1 Å². The van der Waals surface area contributed by atoms with Gasteiger partial charge in [0.25, 0.3) is 0 Å². The average Bonchev–Trinajstić information content (AvgIpc) is 2.91. The van der Waals surface area contributed by atoms with Crippen molar-refractivity contribution in [1.29, 1.82) is 0 Å². The molecule has 7 nitrogen and oxygen atoms in total. The number of aromatic nitrogens is 1. The van der Waals surface area contributed by atoms with Crippen molar-refractivity contribution in [2.24, 2.45) is 28.7 Å². The van der Waals surface area contributed by atoms with E-state index in [4.69, 9.17) is 9.72 Å². The van der Waals surface area contributed by atoms with Crippen LogP contribution in [0.3, 0.4) is 0 Å². The SMILES string of the molecule is CC1CCC(C(=O)NC2CCN(Cc3ccc(N4CCOCC4)nc3)CC2)CC1C1C=NC=CC1. The Kier molecular flexibility index (Phi) is 8.14. The molecule has 1 aliphatic carbocycles. The number of hydrogen-bond donors (Lipinski definition) is 1. The zero-order chi connectivity index (χ0) is 24.0. The van der Waals surface area contributed by atoms with Gasteiger partial charge in [-0.3, -0.25) is 14.7 Å².